The molecule has 0 saturated carbocycles. The molecule has 0 aliphatic carbocycles. The lowest BCUT2D eigenvalue weighted by molar-refractivity contribution is 0.776. The Morgan fingerprint density at radius 1 is 1.19 bits per heavy atom. The molecule has 2 N–H and O–H groups in total. The van der Waals surface area contributed by atoms with E-state index < -0.39 is 0 Å². The number of hydrogen-bond donors (Lipinski definition) is 1. The molecule has 16 heavy (non-hydrogen) atoms. The Hall–Kier alpha value is -1.32. The van der Waals surface area contributed by atoms with Gasteiger partial charge in [0.1, 0.15) is 0 Å². The van der Waals surface area contributed by atoms with Crippen LogP contribution in [0.1, 0.15) is 5.56 Å². The van der Waals surface area contributed by atoms with Gasteiger partial charge in [0.2, 0.25) is 0 Å². The summed E-state index contributed by atoms with van der Waals surface area (Å²) in [7, 11) is 1.95. The summed E-state index contributed by atoms with van der Waals surface area (Å²) >= 11 is 0. The lowest BCUT2D eigenvalue weighted by Gasteiger charge is -2.03. The largest absolute Gasteiger partial charge is 0.330 e. The molecule has 0 saturated heterocycles. The molecule has 0 unspecified atom stereocenters. The minimum atomic E-state index is 0. The third-order valence-electron chi connectivity index (χ3n) is 2.50. The van der Waals surface area contributed by atoms with E-state index in [4.69, 9.17) is 5.73 Å². The van der Waals surface area contributed by atoms with Gasteiger partial charge in [0.05, 0.1) is 5.69 Å². The maximum atomic E-state index is 5.50. The Bertz CT molecular complexity index is 434. The first-order valence-corrected chi connectivity index (χ1v) is 5.08. The van der Waals surface area contributed by atoms with Crippen molar-refractivity contribution in [1.82, 2.24) is 9.78 Å². The van der Waals surface area contributed by atoms with Crippen LogP contribution >= 0.6 is 12.4 Å². The summed E-state index contributed by atoms with van der Waals surface area (Å²) in [6.07, 6.45) is 2.74. The van der Waals surface area contributed by atoms with E-state index in [1.54, 1.807) is 0 Å². The van der Waals surface area contributed by atoms with Gasteiger partial charge in [-0.15, -0.1) is 12.4 Å². The standard InChI is InChI=1S/C12H15N3.ClH/c1-15-12(7-9-14-15)11-4-2-10(3-5-11)6-8-13;/h2-5,7,9H,6,8,13H2,1H3;1H. The van der Waals surface area contributed by atoms with Crippen LogP contribution in [0, 0.1) is 0 Å². The van der Waals surface area contributed by atoms with Gasteiger partial charge in [-0.25, -0.2) is 0 Å². The van der Waals surface area contributed by atoms with E-state index >= 15 is 0 Å². The third kappa shape index (κ3) is 2.62. The van der Waals surface area contributed by atoms with Crippen molar-refractivity contribution in [1.29, 1.82) is 0 Å². The van der Waals surface area contributed by atoms with Crippen molar-refractivity contribution in [3.05, 3.63) is 42.1 Å². The molecular formula is C12H16ClN3. The van der Waals surface area contributed by atoms with Gasteiger partial charge in [-0.2, -0.15) is 5.10 Å². The second-order valence-corrected chi connectivity index (χ2v) is 3.58. The predicted octanol–water partition coefficient (Wildman–Crippen LogP) is 2.01. The highest BCUT2D eigenvalue weighted by molar-refractivity contribution is 5.85. The van der Waals surface area contributed by atoms with Crippen LogP contribution in [0.4, 0.5) is 0 Å². The van der Waals surface area contributed by atoms with E-state index in [1.165, 1.54) is 11.1 Å². The van der Waals surface area contributed by atoms with Crippen LogP contribution in [-0.4, -0.2) is 16.3 Å². The SMILES string of the molecule is Cl.Cn1nccc1-c1ccc(CCN)cc1. The number of hydrogen-bond acceptors (Lipinski definition) is 2. The van der Waals surface area contributed by atoms with Crippen LogP contribution in [0.2, 0.25) is 0 Å². The molecule has 0 bridgehead atoms. The van der Waals surface area contributed by atoms with Crippen molar-refractivity contribution in [3.8, 4) is 11.3 Å². The Morgan fingerprint density at radius 2 is 1.88 bits per heavy atom. The molecule has 0 aliphatic rings. The zero-order chi connectivity index (χ0) is 10.7. The fourth-order valence-electron chi connectivity index (χ4n) is 1.67. The third-order valence-corrected chi connectivity index (χ3v) is 2.50. The first kappa shape index (κ1) is 12.7. The van der Waals surface area contributed by atoms with E-state index in [1.807, 2.05) is 24.0 Å². The van der Waals surface area contributed by atoms with Gasteiger partial charge >= 0.3 is 0 Å². The van der Waals surface area contributed by atoms with Crippen LogP contribution in [0.5, 0.6) is 0 Å². The minimum Gasteiger partial charge on any atom is -0.330 e. The van der Waals surface area contributed by atoms with Gasteiger partial charge in [-0.05, 0) is 30.2 Å². The fourth-order valence-corrected chi connectivity index (χ4v) is 1.67. The lowest BCUT2D eigenvalue weighted by Crippen LogP contribution is -2.02. The Balaban J connectivity index is 0.00000128. The van der Waals surface area contributed by atoms with Crippen molar-refractivity contribution < 1.29 is 0 Å². The summed E-state index contributed by atoms with van der Waals surface area (Å²) in [4.78, 5) is 0. The molecule has 0 spiro atoms. The second-order valence-electron chi connectivity index (χ2n) is 3.58. The molecule has 2 aromatic rings. The van der Waals surface area contributed by atoms with Crippen molar-refractivity contribution in [2.75, 3.05) is 6.54 Å². The molecule has 86 valence electrons. The molecule has 1 aromatic heterocycles. The molecule has 0 fully saturated rings. The van der Waals surface area contributed by atoms with Gasteiger partial charge in [-0.1, -0.05) is 24.3 Å². The highest BCUT2D eigenvalue weighted by Crippen LogP contribution is 2.18. The fraction of sp³-hybridized carbons (Fsp3) is 0.250. The van der Waals surface area contributed by atoms with Crippen LogP contribution in [0.25, 0.3) is 11.3 Å². The van der Waals surface area contributed by atoms with Crippen molar-refractivity contribution in [3.63, 3.8) is 0 Å². The van der Waals surface area contributed by atoms with Crippen LogP contribution in [0.3, 0.4) is 0 Å². The van der Waals surface area contributed by atoms with Crippen LogP contribution in [-0.2, 0) is 13.5 Å². The summed E-state index contributed by atoms with van der Waals surface area (Å²) in [6, 6.07) is 10.5. The predicted molar refractivity (Wildman–Crippen MR) is 68.7 cm³/mol. The summed E-state index contributed by atoms with van der Waals surface area (Å²) < 4.78 is 1.87. The molecule has 4 heteroatoms. The van der Waals surface area contributed by atoms with Crippen LogP contribution < -0.4 is 5.73 Å². The highest BCUT2D eigenvalue weighted by atomic mass is 35.5. The van der Waals surface area contributed by atoms with Gasteiger partial charge in [0.25, 0.3) is 0 Å². The van der Waals surface area contributed by atoms with E-state index in [0.29, 0.717) is 6.54 Å². The Morgan fingerprint density at radius 3 is 2.38 bits per heavy atom. The highest BCUT2D eigenvalue weighted by Gasteiger charge is 2.01. The van der Waals surface area contributed by atoms with Gasteiger partial charge in [0.15, 0.2) is 0 Å². The normalized spacial score (nSPS) is 9.88. The minimum absolute atomic E-state index is 0. The summed E-state index contributed by atoms with van der Waals surface area (Å²) in [5.41, 5.74) is 9.11. The van der Waals surface area contributed by atoms with Crippen molar-refractivity contribution in [2.45, 2.75) is 6.42 Å². The summed E-state index contributed by atoms with van der Waals surface area (Å²) in [5.74, 6) is 0. The summed E-state index contributed by atoms with van der Waals surface area (Å²) in [6.45, 7) is 0.699. The van der Waals surface area contributed by atoms with E-state index in [-0.39, 0.29) is 12.4 Å². The average molecular weight is 238 g/mol. The number of nitrogens with zero attached hydrogens (tertiary/aromatic N) is 2. The van der Waals surface area contributed by atoms with E-state index in [2.05, 4.69) is 29.4 Å². The monoisotopic (exact) mass is 237 g/mol. The molecule has 0 amide bonds. The van der Waals surface area contributed by atoms with E-state index in [9.17, 15) is 0 Å². The van der Waals surface area contributed by atoms with Gasteiger partial charge < -0.3 is 5.73 Å². The molecular weight excluding hydrogens is 222 g/mol. The maximum absolute atomic E-state index is 5.50. The van der Waals surface area contributed by atoms with Crippen molar-refractivity contribution >= 4 is 12.4 Å². The first-order valence-electron chi connectivity index (χ1n) is 5.08. The Labute approximate surface area is 102 Å². The zero-order valence-corrected chi connectivity index (χ0v) is 10.1. The van der Waals surface area contributed by atoms with Crippen molar-refractivity contribution in [2.24, 2.45) is 12.8 Å². The van der Waals surface area contributed by atoms with Gasteiger partial charge in [-0.3, -0.25) is 4.68 Å². The number of aryl methyl sites for hydroxylation is 1. The quantitative estimate of drug-likeness (QED) is 0.888. The maximum Gasteiger partial charge on any atom is 0.0678 e. The molecule has 3 nitrogen and oxygen atoms in total. The average Bonchev–Trinajstić information content (AvgIpc) is 2.66. The number of nitrogens with two attached hydrogens (primary N) is 1. The van der Waals surface area contributed by atoms with Crippen LogP contribution in [0.15, 0.2) is 36.5 Å². The van der Waals surface area contributed by atoms with Gasteiger partial charge in [0, 0.05) is 13.2 Å². The summed E-state index contributed by atoms with van der Waals surface area (Å²) in [5, 5.41) is 4.15. The molecule has 2 rings (SSSR count). The Kier molecular flexibility index (Phi) is 4.52. The number of rotatable bonds is 3. The molecule has 0 radical (unpaired) electrons. The number of aromatic nitrogens is 2. The number of halogens is 1. The molecule has 1 aromatic carbocycles. The molecule has 0 aliphatic heterocycles. The lowest BCUT2D eigenvalue weighted by atomic mass is 10.1. The first-order chi connectivity index (χ1) is 7.31. The molecule has 0 atom stereocenters. The number of benzene rings is 1. The smallest absolute Gasteiger partial charge is 0.0678 e. The zero-order valence-electron chi connectivity index (χ0n) is 9.26. The molecule has 1 heterocycles. The topological polar surface area (TPSA) is 43.8 Å². The van der Waals surface area contributed by atoms with E-state index in [0.717, 1.165) is 12.1 Å². The second kappa shape index (κ2) is 5.68.